The van der Waals surface area contributed by atoms with Crippen molar-refractivity contribution in [2.75, 3.05) is 44.0 Å². The van der Waals surface area contributed by atoms with Gasteiger partial charge in [0.2, 0.25) is 0 Å². The third-order valence-corrected chi connectivity index (χ3v) is 5.98. The van der Waals surface area contributed by atoms with Crippen LogP contribution in [0.3, 0.4) is 0 Å². The predicted octanol–water partition coefficient (Wildman–Crippen LogP) is 1.60. The number of nitrogens with one attached hydrogen (secondary N) is 1. The molecule has 0 radical (unpaired) electrons. The molecule has 182 valence electrons. The Labute approximate surface area is 203 Å². The van der Waals surface area contributed by atoms with Gasteiger partial charge in [-0.2, -0.15) is 0 Å². The molecule has 1 fully saturated rings. The Hall–Kier alpha value is -3.89. The number of carboxylic acids is 1. The number of carboxylic acid groups (broad SMARTS) is 1. The molecule has 0 spiro atoms. The standard InChI is InChI=1S/C25H28N6O4/c1-27-19(25(33)34)12-16-2-4-17(5-3-16)20-15-29-24(26)23(30-20)22(32)13-18-14-28-7-6-21(18)31-8-10-35-11-9-31/h2-7,14-15,19,27H,8-13H2,1H3,(H2,26,29)(H,33,34)/t19-/m1/s1. The second-order valence-electron chi connectivity index (χ2n) is 8.27. The molecule has 3 heterocycles. The number of Topliss-reactive ketones (excluding diaryl/α,β-unsaturated/α-hetero) is 1. The second-order valence-corrected chi connectivity index (χ2v) is 8.27. The highest BCUT2D eigenvalue weighted by Crippen LogP contribution is 2.24. The van der Waals surface area contributed by atoms with Gasteiger partial charge in [-0.15, -0.1) is 0 Å². The maximum Gasteiger partial charge on any atom is 0.321 e. The van der Waals surface area contributed by atoms with Crippen LogP contribution in [0.5, 0.6) is 0 Å². The summed E-state index contributed by atoms with van der Waals surface area (Å²) in [4.78, 5) is 39.6. The van der Waals surface area contributed by atoms with E-state index in [-0.39, 0.29) is 23.7 Å². The molecule has 1 atom stereocenters. The smallest absolute Gasteiger partial charge is 0.321 e. The molecule has 0 saturated carbocycles. The average Bonchev–Trinajstić information content (AvgIpc) is 2.88. The number of benzene rings is 1. The first kappa shape index (κ1) is 24.2. The number of aliphatic carboxylic acids is 1. The SMILES string of the molecule is CN[C@H](Cc1ccc(-c2cnc(N)c(C(=O)Cc3cnccc3N3CCOCC3)n2)cc1)C(=O)O. The molecule has 4 rings (SSSR count). The van der Waals surface area contributed by atoms with Crippen LogP contribution in [0.4, 0.5) is 11.5 Å². The first-order valence-electron chi connectivity index (χ1n) is 11.4. The molecule has 0 aliphatic carbocycles. The van der Waals surface area contributed by atoms with Crippen molar-refractivity contribution in [3.63, 3.8) is 0 Å². The van der Waals surface area contributed by atoms with Crippen LogP contribution in [0, 0.1) is 0 Å². The van der Waals surface area contributed by atoms with Crippen LogP contribution in [-0.2, 0) is 22.4 Å². The molecule has 0 bridgehead atoms. The van der Waals surface area contributed by atoms with Gasteiger partial charge < -0.3 is 25.8 Å². The van der Waals surface area contributed by atoms with E-state index in [2.05, 4.69) is 25.2 Å². The lowest BCUT2D eigenvalue weighted by atomic mass is 10.0. The zero-order valence-electron chi connectivity index (χ0n) is 19.5. The number of carbonyl (C=O) groups excluding carboxylic acids is 1. The van der Waals surface area contributed by atoms with E-state index in [1.54, 1.807) is 19.4 Å². The van der Waals surface area contributed by atoms with Gasteiger partial charge in [0, 0.05) is 48.7 Å². The Bertz CT molecular complexity index is 1190. The van der Waals surface area contributed by atoms with Crippen molar-refractivity contribution < 1.29 is 19.4 Å². The minimum absolute atomic E-state index is 0.0745. The molecule has 4 N–H and O–H groups in total. The molecular formula is C25H28N6O4. The molecule has 10 nitrogen and oxygen atoms in total. The lowest BCUT2D eigenvalue weighted by Gasteiger charge is -2.30. The minimum Gasteiger partial charge on any atom is -0.480 e. The van der Waals surface area contributed by atoms with Crippen LogP contribution >= 0.6 is 0 Å². The number of hydrogen-bond donors (Lipinski definition) is 3. The lowest BCUT2D eigenvalue weighted by molar-refractivity contribution is -0.139. The summed E-state index contributed by atoms with van der Waals surface area (Å²) < 4.78 is 5.44. The zero-order chi connectivity index (χ0) is 24.8. The van der Waals surface area contributed by atoms with E-state index in [4.69, 9.17) is 10.5 Å². The van der Waals surface area contributed by atoms with Gasteiger partial charge in [0.05, 0.1) is 25.1 Å². The molecular weight excluding hydrogens is 448 g/mol. The van der Waals surface area contributed by atoms with Crippen LogP contribution in [0.25, 0.3) is 11.3 Å². The number of nitrogen functional groups attached to an aromatic ring is 1. The van der Waals surface area contributed by atoms with Crippen molar-refractivity contribution in [1.82, 2.24) is 20.3 Å². The van der Waals surface area contributed by atoms with Crippen LogP contribution in [0.15, 0.2) is 48.9 Å². The van der Waals surface area contributed by atoms with E-state index in [9.17, 15) is 14.7 Å². The number of nitrogens with zero attached hydrogens (tertiary/aromatic N) is 4. The first-order chi connectivity index (χ1) is 17.0. The van der Waals surface area contributed by atoms with E-state index in [0.717, 1.165) is 35.5 Å². The number of hydrogen-bond acceptors (Lipinski definition) is 9. The Morgan fingerprint density at radius 3 is 2.60 bits per heavy atom. The topological polar surface area (TPSA) is 144 Å². The first-order valence-corrected chi connectivity index (χ1v) is 11.4. The van der Waals surface area contributed by atoms with Gasteiger partial charge in [-0.3, -0.25) is 14.6 Å². The zero-order valence-corrected chi connectivity index (χ0v) is 19.5. The second kappa shape index (κ2) is 11.0. The van der Waals surface area contributed by atoms with Crippen molar-refractivity contribution in [2.45, 2.75) is 18.9 Å². The van der Waals surface area contributed by atoms with Gasteiger partial charge >= 0.3 is 5.97 Å². The number of carbonyl (C=O) groups is 2. The van der Waals surface area contributed by atoms with Gasteiger partial charge in [-0.1, -0.05) is 24.3 Å². The number of likely N-dealkylation sites (N-methyl/N-ethyl adjacent to an activating group) is 1. The van der Waals surface area contributed by atoms with Crippen LogP contribution in [-0.4, -0.2) is 71.2 Å². The minimum atomic E-state index is -0.908. The quantitative estimate of drug-likeness (QED) is 0.390. The summed E-state index contributed by atoms with van der Waals surface area (Å²) in [6.07, 6.45) is 5.39. The normalized spacial score (nSPS) is 14.5. The predicted molar refractivity (Wildman–Crippen MR) is 131 cm³/mol. The third kappa shape index (κ3) is 5.79. The maximum atomic E-state index is 13.2. The van der Waals surface area contributed by atoms with Gasteiger partial charge in [-0.25, -0.2) is 9.97 Å². The largest absolute Gasteiger partial charge is 0.480 e. The molecule has 3 aromatic rings. The van der Waals surface area contributed by atoms with Crippen molar-refractivity contribution in [1.29, 1.82) is 0 Å². The van der Waals surface area contributed by atoms with Gasteiger partial charge in [-0.05, 0) is 25.1 Å². The Kier molecular flexibility index (Phi) is 7.64. The lowest BCUT2D eigenvalue weighted by Crippen LogP contribution is -2.37. The summed E-state index contributed by atoms with van der Waals surface area (Å²) in [6, 6.07) is 8.57. The molecule has 2 aromatic heterocycles. The van der Waals surface area contributed by atoms with E-state index in [1.165, 1.54) is 6.20 Å². The van der Waals surface area contributed by atoms with Crippen molar-refractivity contribution in [3.05, 3.63) is 65.7 Å². The molecule has 35 heavy (non-hydrogen) atoms. The molecule has 0 unspecified atom stereocenters. The summed E-state index contributed by atoms with van der Waals surface area (Å²) >= 11 is 0. The summed E-state index contributed by atoms with van der Waals surface area (Å²) in [7, 11) is 1.62. The van der Waals surface area contributed by atoms with Crippen LogP contribution in [0.1, 0.15) is 21.6 Å². The van der Waals surface area contributed by atoms with Gasteiger partial charge in [0.25, 0.3) is 0 Å². The number of ketones is 1. The van der Waals surface area contributed by atoms with Crippen LogP contribution in [0.2, 0.25) is 0 Å². The highest BCUT2D eigenvalue weighted by Gasteiger charge is 2.20. The van der Waals surface area contributed by atoms with Crippen molar-refractivity contribution >= 4 is 23.3 Å². The fourth-order valence-electron chi connectivity index (χ4n) is 4.03. The van der Waals surface area contributed by atoms with Crippen molar-refractivity contribution in [3.8, 4) is 11.3 Å². The van der Waals surface area contributed by atoms with Crippen LogP contribution < -0.4 is 16.0 Å². The molecule has 0 amide bonds. The van der Waals surface area contributed by atoms with Gasteiger partial charge in [0.1, 0.15) is 11.7 Å². The fraction of sp³-hybridized carbons (Fsp3) is 0.320. The molecule has 1 saturated heterocycles. The molecule has 1 aliphatic heterocycles. The summed E-state index contributed by atoms with van der Waals surface area (Å²) in [5, 5.41) is 12.0. The van der Waals surface area contributed by atoms with E-state index >= 15 is 0 Å². The number of rotatable bonds is 9. The monoisotopic (exact) mass is 476 g/mol. The maximum absolute atomic E-state index is 13.2. The Morgan fingerprint density at radius 2 is 1.91 bits per heavy atom. The Balaban J connectivity index is 1.53. The third-order valence-electron chi connectivity index (χ3n) is 5.98. The number of nitrogens with two attached hydrogens (primary N) is 1. The molecule has 1 aromatic carbocycles. The highest BCUT2D eigenvalue weighted by molar-refractivity contribution is 6.00. The number of morpholine rings is 1. The summed E-state index contributed by atoms with van der Waals surface area (Å²) in [5.74, 6) is -1.07. The van der Waals surface area contributed by atoms with E-state index < -0.39 is 12.0 Å². The fourth-order valence-corrected chi connectivity index (χ4v) is 4.03. The number of ether oxygens (including phenoxy) is 1. The number of aromatic nitrogens is 3. The van der Waals surface area contributed by atoms with E-state index in [1.807, 2.05) is 30.3 Å². The number of anilines is 2. The summed E-state index contributed by atoms with van der Waals surface area (Å²) in [6.45, 7) is 2.78. The average molecular weight is 477 g/mol. The number of pyridine rings is 1. The highest BCUT2D eigenvalue weighted by atomic mass is 16.5. The van der Waals surface area contributed by atoms with Crippen molar-refractivity contribution in [2.24, 2.45) is 0 Å². The Morgan fingerprint density at radius 1 is 1.17 bits per heavy atom. The molecule has 1 aliphatic rings. The van der Waals surface area contributed by atoms with E-state index in [0.29, 0.717) is 25.3 Å². The van der Waals surface area contributed by atoms with Gasteiger partial charge in [0.15, 0.2) is 11.6 Å². The molecule has 10 heteroatoms. The summed E-state index contributed by atoms with van der Waals surface area (Å²) in [5.41, 5.74) is 10.0.